The Morgan fingerprint density at radius 2 is 2.12 bits per heavy atom. The molecule has 1 heterocycles. The van der Waals surface area contributed by atoms with Crippen LogP contribution in [0.5, 0.6) is 0 Å². The Balaban J connectivity index is 1.83. The van der Waals surface area contributed by atoms with E-state index in [0.29, 0.717) is 13.1 Å². The summed E-state index contributed by atoms with van der Waals surface area (Å²) in [4.78, 5) is 26.8. The number of para-hydroxylation sites is 1. The number of carbonyl (C=O) groups excluding carboxylic acids is 2. The van der Waals surface area contributed by atoms with Crippen molar-refractivity contribution in [2.45, 2.75) is 45.6 Å². The summed E-state index contributed by atoms with van der Waals surface area (Å²) in [6, 6.07) is 7.95. The zero-order valence-corrected chi connectivity index (χ0v) is 17.2. The molecule has 1 fully saturated rings. The highest BCUT2D eigenvalue weighted by Crippen LogP contribution is 2.19. The van der Waals surface area contributed by atoms with Gasteiger partial charge in [-0.05, 0) is 67.5 Å². The quantitative estimate of drug-likeness (QED) is 0.619. The van der Waals surface area contributed by atoms with Crippen LogP contribution >= 0.6 is 22.6 Å². The molecule has 2 N–H and O–H groups in total. The molecule has 25 heavy (non-hydrogen) atoms. The van der Waals surface area contributed by atoms with Crippen molar-refractivity contribution in [1.29, 1.82) is 0 Å². The number of hydrogen-bond donors (Lipinski definition) is 2. The van der Waals surface area contributed by atoms with Crippen LogP contribution in [0.15, 0.2) is 24.3 Å². The number of nitrogens with one attached hydrogen (secondary N) is 2. The van der Waals surface area contributed by atoms with Crippen molar-refractivity contribution >= 4 is 40.1 Å². The molecule has 138 valence electrons. The first-order valence-corrected chi connectivity index (χ1v) is 10.1. The van der Waals surface area contributed by atoms with Crippen LogP contribution in [0.25, 0.3) is 0 Å². The Kier molecular flexibility index (Phi) is 8.15. The minimum absolute atomic E-state index is 0.0160. The van der Waals surface area contributed by atoms with Gasteiger partial charge in [-0.15, -0.1) is 0 Å². The number of nitrogens with zero attached hydrogens (tertiary/aromatic N) is 1. The summed E-state index contributed by atoms with van der Waals surface area (Å²) in [5.41, 5.74) is 0.841. The van der Waals surface area contributed by atoms with Crippen LogP contribution in [-0.4, -0.2) is 42.4 Å². The van der Waals surface area contributed by atoms with Crippen molar-refractivity contribution in [1.82, 2.24) is 10.2 Å². The lowest BCUT2D eigenvalue weighted by atomic mass is 9.96. The van der Waals surface area contributed by atoms with Gasteiger partial charge in [0.15, 0.2) is 0 Å². The number of anilines is 1. The summed E-state index contributed by atoms with van der Waals surface area (Å²) in [6.45, 7) is 6.03. The molecular formula is C19H28IN3O2. The largest absolute Gasteiger partial charge is 0.353 e. The van der Waals surface area contributed by atoms with Crippen molar-refractivity contribution in [3.63, 3.8) is 0 Å². The molecule has 5 nitrogen and oxygen atoms in total. The fourth-order valence-corrected chi connectivity index (χ4v) is 3.76. The highest BCUT2D eigenvalue weighted by molar-refractivity contribution is 14.1. The molecular weight excluding hydrogens is 429 g/mol. The molecule has 2 atom stereocenters. The molecule has 0 saturated carbocycles. The SMILES string of the molecule is CCCC(C)NC(=O)C1CCCN(CC(=O)Nc2ccccc2I)C1. The lowest BCUT2D eigenvalue weighted by Gasteiger charge is -2.32. The third-order valence-corrected chi connectivity index (χ3v) is 5.44. The van der Waals surface area contributed by atoms with Gasteiger partial charge in [0.1, 0.15) is 0 Å². The molecule has 1 aromatic carbocycles. The van der Waals surface area contributed by atoms with Crippen molar-refractivity contribution in [3.8, 4) is 0 Å². The van der Waals surface area contributed by atoms with E-state index in [1.165, 1.54) is 0 Å². The van der Waals surface area contributed by atoms with Crippen LogP contribution in [0.1, 0.15) is 39.5 Å². The number of piperidine rings is 1. The van der Waals surface area contributed by atoms with E-state index in [0.717, 1.165) is 41.5 Å². The van der Waals surface area contributed by atoms with E-state index in [4.69, 9.17) is 0 Å². The maximum absolute atomic E-state index is 12.4. The van der Waals surface area contributed by atoms with Gasteiger partial charge >= 0.3 is 0 Å². The average Bonchev–Trinajstić information content (AvgIpc) is 2.57. The minimum atomic E-state index is -0.0236. The van der Waals surface area contributed by atoms with E-state index < -0.39 is 0 Å². The van der Waals surface area contributed by atoms with E-state index in [1.807, 2.05) is 24.3 Å². The van der Waals surface area contributed by atoms with Crippen LogP contribution in [0.2, 0.25) is 0 Å². The number of amides is 2. The van der Waals surface area contributed by atoms with E-state index in [1.54, 1.807) is 0 Å². The number of carbonyl (C=O) groups is 2. The van der Waals surface area contributed by atoms with E-state index in [2.05, 4.69) is 52.0 Å². The lowest BCUT2D eigenvalue weighted by Crippen LogP contribution is -2.47. The minimum Gasteiger partial charge on any atom is -0.353 e. The predicted octanol–water partition coefficient (Wildman–Crippen LogP) is 3.25. The van der Waals surface area contributed by atoms with Crippen LogP contribution in [0.4, 0.5) is 5.69 Å². The van der Waals surface area contributed by atoms with Gasteiger partial charge in [-0.2, -0.15) is 0 Å². The normalized spacial score (nSPS) is 19.2. The number of benzene rings is 1. The Hall–Kier alpha value is -1.15. The Morgan fingerprint density at radius 3 is 2.84 bits per heavy atom. The van der Waals surface area contributed by atoms with E-state index in [9.17, 15) is 9.59 Å². The maximum atomic E-state index is 12.4. The molecule has 0 aliphatic carbocycles. The topological polar surface area (TPSA) is 61.4 Å². The fourth-order valence-electron chi connectivity index (χ4n) is 3.23. The Labute approximate surface area is 164 Å². The lowest BCUT2D eigenvalue weighted by molar-refractivity contribution is -0.128. The summed E-state index contributed by atoms with van der Waals surface area (Å²) < 4.78 is 1.02. The first-order valence-electron chi connectivity index (χ1n) is 9.06. The second-order valence-electron chi connectivity index (χ2n) is 6.80. The second kappa shape index (κ2) is 10.1. The molecule has 1 saturated heterocycles. The van der Waals surface area contributed by atoms with Gasteiger partial charge in [-0.1, -0.05) is 25.5 Å². The third kappa shape index (κ3) is 6.58. The van der Waals surface area contributed by atoms with Gasteiger partial charge in [0.25, 0.3) is 0 Å². The first kappa shape index (κ1) is 20.2. The second-order valence-corrected chi connectivity index (χ2v) is 7.96. The third-order valence-electron chi connectivity index (χ3n) is 4.50. The van der Waals surface area contributed by atoms with Gasteiger partial charge in [0.05, 0.1) is 18.2 Å². The van der Waals surface area contributed by atoms with Gasteiger partial charge in [0, 0.05) is 16.2 Å². The van der Waals surface area contributed by atoms with E-state index in [-0.39, 0.29) is 23.8 Å². The maximum Gasteiger partial charge on any atom is 0.238 e. The smallest absolute Gasteiger partial charge is 0.238 e. The highest BCUT2D eigenvalue weighted by atomic mass is 127. The molecule has 0 radical (unpaired) electrons. The molecule has 0 aromatic heterocycles. The van der Waals surface area contributed by atoms with Gasteiger partial charge < -0.3 is 10.6 Å². The summed E-state index contributed by atoms with van der Waals surface area (Å²) in [6.07, 6.45) is 3.92. The number of rotatable bonds is 7. The van der Waals surface area contributed by atoms with Crippen molar-refractivity contribution in [2.75, 3.05) is 25.0 Å². The van der Waals surface area contributed by atoms with Crippen LogP contribution in [0.3, 0.4) is 0 Å². The van der Waals surface area contributed by atoms with Crippen molar-refractivity contribution in [2.24, 2.45) is 5.92 Å². The molecule has 0 bridgehead atoms. The predicted molar refractivity (Wildman–Crippen MR) is 109 cm³/mol. The molecule has 1 aliphatic heterocycles. The summed E-state index contributed by atoms with van der Waals surface area (Å²) in [5.74, 6) is 0.0888. The fraction of sp³-hybridized carbons (Fsp3) is 0.579. The number of halogens is 1. The summed E-state index contributed by atoms with van der Waals surface area (Å²) >= 11 is 2.21. The molecule has 1 aromatic rings. The average molecular weight is 457 g/mol. The van der Waals surface area contributed by atoms with Crippen LogP contribution < -0.4 is 10.6 Å². The van der Waals surface area contributed by atoms with Gasteiger partial charge in [0.2, 0.25) is 11.8 Å². The Bertz CT molecular complexity index is 594. The van der Waals surface area contributed by atoms with Gasteiger partial charge in [-0.3, -0.25) is 14.5 Å². The molecule has 0 spiro atoms. The Morgan fingerprint density at radius 1 is 1.36 bits per heavy atom. The molecule has 2 unspecified atom stereocenters. The molecule has 2 amide bonds. The first-order chi connectivity index (χ1) is 12.0. The van der Waals surface area contributed by atoms with Gasteiger partial charge in [-0.25, -0.2) is 0 Å². The highest BCUT2D eigenvalue weighted by Gasteiger charge is 2.27. The van der Waals surface area contributed by atoms with Crippen molar-refractivity contribution in [3.05, 3.63) is 27.8 Å². The monoisotopic (exact) mass is 457 g/mol. The van der Waals surface area contributed by atoms with E-state index >= 15 is 0 Å². The summed E-state index contributed by atoms with van der Waals surface area (Å²) in [7, 11) is 0. The summed E-state index contributed by atoms with van der Waals surface area (Å²) in [5, 5.41) is 6.07. The number of hydrogen-bond acceptors (Lipinski definition) is 3. The molecule has 1 aliphatic rings. The van der Waals surface area contributed by atoms with Crippen LogP contribution in [0, 0.1) is 9.49 Å². The number of likely N-dealkylation sites (tertiary alicyclic amines) is 1. The zero-order valence-electron chi connectivity index (χ0n) is 15.1. The van der Waals surface area contributed by atoms with Crippen molar-refractivity contribution < 1.29 is 9.59 Å². The van der Waals surface area contributed by atoms with Crippen LogP contribution in [-0.2, 0) is 9.59 Å². The molecule has 6 heteroatoms. The standard InChI is InChI=1S/C19H28IN3O2/c1-3-7-14(2)21-19(25)15-8-6-11-23(12-15)13-18(24)22-17-10-5-4-9-16(17)20/h4-5,9-10,14-15H,3,6-8,11-13H2,1-2H3,(H,21,25)(H,22,24). The molecule has 2 rings (SSSR count). The zero-order chi connectivity index (χ0) is 18.2.